The highest BCUT2D eigenvalue weighted by Gasteiger charge is 2.19. The molecule has 0 saturated carbocycles. The van der Waals surface area contributed by atoms with Crippen molar-refractivity contribution in [2.75, 3.05) is 5.32 Å². The van der Waals surface area contributed by atoms with Crippen molar-refractivity contribution in [2.24, 2.45) is 0 Å². The minimum atomic E-state index is -3.36. The minimum Gasteiger partial charge on any atom is -0.491 e. The Kier molecular flexibility index (Phi) is 6.21. The fourth-order valence-corrected chi connectivity index (χ4v) is 3.64. The molecule has 3 rings (SSSR count). The SMILES string of the molecule is CC(C)Oc1ccc(C(=O)Nc2nnc(-c3ccc(S(=O)(=O)C(C)C)cc3)o2)cc1. The van der Waals surface area contributed by atoms with Crippen LogP contribution in [0.5, 0.6) is 5.75 Å². The lowest BCUT2D eigenvalue weighted by Crippen LogP contribution is -2.13. The maximum atomic E-state index is 12.4. The van der Waals surface area contributed by atoms with Crippen molar-refractivity contribution >= 4 is 21.8 Å². The third-order valence-electron chi connectivity index (χ3n) is 4.18. The largest absolute Gasteiger partial charge is 0.491 e. The zero-order chi connectivity index (χ0) is 21.9. The molecule has 8 nitrogen and oxygen atoms in total. The molecule has 30 heavy (non-hydrogen) atoms. The van der Waals surface area contributed by atoms with E-state index in [9.17, 15) is 13.2 Å². The number of sulfone groups is 1. The summed E-state index contributed by atoms with van der Waals surface area (Å²) >= 11 is 0. The highest BCUT2D eigenvalue weighted by atomic mass is 32.2. The number of anilines is 1. The van der Waals surface area contributed by atoms with E-state index in [1.165, 1.54) is 12.1 Å². The molecule has 1 amide bonds. The zero-order valence-electron chi connectivity index (χ0n) is 17.1. The fraction of sp³-hybridized carbons (Fsp3) is 0.286. The summed E-state index contributed by atoms with van der Waals surface area (Å²) < 4.78 is 35.4. The number of hydrogen-bond acceptors (Lipinski definition) is 7. The van der Waals surface area contributed by atoms with E-state index in [-0.39, 0.29) is 22.9 Å². The summed E-state index contributed by atoms with van der Waals surface area (Å²) in [6.07, 6.45) is 0.0426. The summed E-state index contributed by atoms with van der Waals surface area (Å²) in [5.41, 5.74) is 0.954. The molecule has 0 aliphatic heterocycles. The molecular formula is C21H23N3O5S. The first kappa shape index (κ1) is 21.5. The number of rotatable bonds is 7. The van der Waals surface area contributed by atoms with Crippen molar-refractivity contribution in [1.29, 1.82) is 0 Å². The van der Waals surface area contributed by atoms with Gasteiger partial charge in [0.05, 0.1) is 16.2 Å². The standard InChI is InChI=1S/C21H23N3O5S/c1-13(2)28-17-9-5-15(6-10-17)19(25)22-21-24-23-20(29-21)16-7-11-18(12-8-16)30(26,27)14(3)4/h5-14H,1-4H3,(H,22,24,25). The average molecular weight is 429 g/mol. The molecule has 0 radical (unpaired) electrons. The van der Waals surface area contributed by atoms with Crippen LogP contribution in [0.15, 0.2) is 57.8 Å². The van der Waals surface area contributed by atoms with Gasteiger partial charge in [0.15, 0.2) is 9.84 Å². The maximum Gasteiger partial charge on any atom is 0.322 e. The van der Waals surface area contributed by atoms with Crippen molar-refractivity contribution in [3.63, 3.8) is 0 Å². The molecule has 1 heterocycles. The van der Waals surface area contributed by atoms with Crippen molar-refractivity contribution < 1.29 is 22.4 Å². The van der Waals surface area contributed by atoms with Gasteiger partial charge < -0.3 is 9.15 Å². The van der Waals surface area contributed by atoms with Gasteiger partial charge in [-0.3, -0.25) is 10.1 Å². The molecule has 0 bridgehead atoms. The lowest BCUT2D eigenvalue weighted by molar-refractivity contribution is 0.102. The second-order valence-corrected chi connectivity index (χ2v) is 9.68. The summed E-state index contributed by atoms with van der Waals surface area (Å²) in [5.74, 6) is 0.434. The highest BCUT2D eigenvalue weighted by Crippen LogP contribution is 2.24. The van der Waals surface area contributed by atoms with Gasteiger partial charge in [-0.2, -0.15) is 0 Å². The van der Waals surface area contributed by atoms with Crippen LogP contribution in [0.4, 0.5) is 6.01 Å². The van der Waals surface area contributed by atoms with Crippen LogP contribution in [0.2, 0.25) is 0 Å². The number of ether oxygens (including phenoxy) is 1. The van der Waals surface area contributed by atoms with Crippen molar-refractivity contribution in [3.8, 4) is 17.2 Å². The van der Waals surface area contributed by atoms with Crippen LogP contribution in [0.1, 0.15) is 38.1 Å². The second-order valence-electron chi connectivity index (χ2n) is 7.18. The van der Waals surface area contributed by atoms with Crippen LogP contribution in [0.25, 0.3) is 11.5 Å². The molecule has 1 N–H and O–H groups in total. The Hall–Kier alpha value is -3.20. The number of amides is 1. The van der Waals surface area contributed by atoms with E-state index < -0.39 is 21.0 Å². The monoisotopic (exact) mass is 429 g/mol. The summed E-state index contributed by atoms with van der Waals surface area (Å²) in [4.78, 5) is 12.6. The number of nitrogens with one attached hydrogen (secondary N) is 1. The van der Waals surface area contributed by atoms with Crippen LogP contribution in [0, 0.1) is 0 Å². The van der Waals surface area contributed by atoms with E-state index >= 15 is 0 Å². The van der Waals surface area contributed by atoms with Gasteiger partial charge in [-0.1, -0.05) is 5.10 Å². The van der Waals surface area contributed by atoms with Crippen LogP contribution in [0.3, 0.4) is 0 Å². The first-order chi connectivity index (χ1) is 14.2. The molecule has 0 fully saturated rings. The fourth-order valence-electron chi connectivity index (χ4n) is 2.58. The zero-order valence-corrected chi connectivity index (χ0v) is 17.9. The van der Waals surface area contributed by atoms with E-state index in [0.717, 1.165) is 0 Å². The van der Waals surface area contributed by atoms with Crippen LogP contribution >= 0.6 is 0 Å². The van der Waals surface area contributed by atoms with Crippen LogP contribution in [-0.4, -0.2) is 35.9 Å². The number of hydrogen-bond donors (Lipinski definition) is 1. The lowest BCUT2D eigenvalue weighted by atomic mass is 10.2. The molecule has 158 valence electrons. The van der Waals surface area contributed by atoms with Crippen LogP contribution in [-0.2, 0) is 9.84 Å². The Morgan fingerprint density at radius 1 is 0.967 bits per heavy atom. The number of nitrogens with zero attached hydrogens (tertiary/aromatic N) is 2. The smallest absolute Gasteiger partial charge is 0.322 e. The van der Waals surface area contributed by atoms with Gasteiger partial charge in [-0.15, -0.1) is 5.10 Å². The highest BCUT2D eigenvalue weighted by molar-refractivity contribution is 7.92. The Morgan fingerprint density at radius 2 is 1.60 bits per heavy atom. The quantitative estimate of drug-likeness (QED) is 0.605. The number of benzene rings is 2. The van der Waals surface area contributed by atoms with Gasteiger partial charge in [-0.25, -0.2) is 8.42 Å². The van der Waals surface area contributed by atoms with Gasteiger partial charge in [0, 0.05) is 11.1 Å². The van der Waals surface area contributed by atoms with Gasteiger partial charge in [-0.05, 0) is 76.2 Å². The second kappa shape index (κ2) is 8.66. The summed E-state index contributed by atoms with van der Waals surface area (Å²) in [6.45, 7) is 7.09. The minimum absolute atomic E-state index is 0.0426. The van der Waals surface area contributed by atoms with Gasteiger partial charge in [0.25, 0.3) is 5.91 Å². The molecule has 9 heteroatoms. The predicted molar refractivity (Wildman–Crippen MR) is 112 cm³/mol. The first-order valence-electron chi connectivity index (χ1n) is 9.42. The van der Waals surface area contributed by atoms with E-state index in [4.69, 9.17) is 9.15 Å². The van der Waals surface area contributed by atoms with Crippen LogP contribution < -0.4 is 10.1 Å². The van der Waals surface area contributed by atoms with Gasteiger partial charge in [0.1, 0.15) is 5.75 Å². The number of carbonyl (C=O) groups excluding carboxylic acids is 1. The van der Waals surface area contributed by atoms with Crippen molar-refractivity contribution in [1.82, 2.24) is 10.2 Å². The van der Waals surface area contributed by atoms with E-state index in [0.29, 0.717) is 16.9 Å². The molecule has 0 unspecified atom stereocenters. The van der Waals surface area contributed by atoms with E-state index in [1.54, 1.807) is 50.2 Å². The van der Waals surface area contributed by atoms with Crippen molar-refractivity contribution in [2.45, 2.75) is 43.9 Å². The lowest BCUT2D eigenvalue weighted by Gasteiger charge is -2.09. The summed E-state index contributed by atoms with van der Waals surface area (Å²) in [7, 11) is -3.36. The van der Waals surface area contributed by atoms with Crippen molar-refractivity contribution in [3.05, 3.63) is 54.1 Å². The Morgan fingerprint density at radius 3 is 2.17 bits per heavy atom. The number of aromatic nitrogens is 2. The van der Waals surface area contributed by atoms with Gasteiger partial charge >= 0.3 is 6.01 Å². The normalized spacial score (nSPS) is 11.7. The number of carbonyl (C=O) groups is 1. The molecule has 1 aromatic heterocycles. The Balaban J connectivity index is 1.70. The summed E-state index contributed by atoms with van der Waals surface area (Å²) in [5, 5.41) is 9.76. The van der Waals surface area contributed by atoms with E-state index in [2.05, 4.69) is 15.5 Å². The summed E-state index contributed by atoms with van der Waals surface area (Å²) in [6, 6.07) is 12.8. The molecule has 2 aromatic carbocycles. The van der Waals surface area contributed by atoms with E-state index in [1.807, 2.05) is 13.8 Å². The third-order valence-corrected chi connectivity index (χ3v) is 6.35. The molecular weight excluding hydrogens is 406 g/mol. The molecule has 3 aromatic rings. The molecule has 0 saturated heterocycles. The Labute approximate surface area is 175 Å². The third kappa shape index (κ3) is 4.85. The molecule has 0 aliphatic carbocycles. The Bertz CT molecular complexity index is 1120. The van der Waals surface area contributed by atoms with Gasteiger partial charge in [0.2, 0.25) is 5.89 Å². The first-order valence-corrected chi connectivity index (χ1v) is 11.0. The molecule has 0 spiro atoms. The maximum absolute atomic E-state index is 12.4. The predicted octanol–water partition coefficient (Wildman–Crippen LogP) is 3.96. The molecule has 0 atom stereocenters. The topological polar surface area (TPSA) is 111 Å². The molecule has 0 aliphatic rings. The average Bonchev–Trinajstić information content (AvgIpc) is 3.16.